The summed E-state index contributed by atoms with van der Waals surface area (Å²) in [6.45, 7) is 9.54. The van der Waals surface area contributed by atoms with Gasteiger partial charge in [-0.3, -0.25) is 0 Å². The number of hydrogen-bond acceptors (Lipinski definition) is 2. The first-order valence-electron chi connectivity index (χ1n) is 6.20. The molecule has 0 aliphatic heterocycles. The van der Waals surface area contributed by atoms with Crippen molar-refractivity contribution in [1.29, 1.82) is 0 Å². The van der Waals surface area contributed by atoms with E-state index in [1.165, 1.54) is 10.6 Å². The number of rotatable bonds is 3. The van der Waals surface area contributed by atoms with Crippen LogP contribution in [0.5, 0.6) is 0 Å². The van der Waals surface area contributed by atoms with Crippen LogP contribution in [0.3, 0.4) is 0 Å². The number of hydrogen-bond donors (Lipinski definition) is 0. The molecule has 1 nitrogen and oxygen atoms in total. The molecule has 1 atom stereocenters. The highest BCUT2D eigenvalue weighted by Crippen LogP contribution is 2.23. The Bertz CT molecular complexity index is 459. The van der Waals surface area contributed by atoms with Crippen molar-refractivity contribution in [3.63, 3.8) is 0 Å². The smallest absolute Gasteiger partial charge is 0.0959 e. The maximum Gasteiger partial charge on any atom is 0.0959 e. The zero-order chi connectivity index (χ0) is 13.4. The van der Waals surface area contributed by atoms with Crippen LogP contribution in [0.2, 0.25) is 0 Å². The number of benzene rings is 1. The van der Waals surface area contributed by atoms with Gasteiger partial charge in [0, 0.05) is 17.0 Å². The standard InChI is InChI=1S/C13H15NS.C3H6/c1-10(13-14-11(2)9-15-13)8-12-6-4-3-5-7-12;1-3-2/h3-7,9-10H,8H2,1-2H3;3H,1H2,2H3. The third kappa shape index (κ3) is 4.84. The molecular formula is C16H21NS. The molecule has 2 aromatic rings. The van der Waals surface area contributed by atoms with Crippen LogP contribution in [-0.2, 0) is 6.42 Å². The fourth-order valence-electron chi connectivity index (χ4n) is 1.65. The molecule has 0 fully saturated rings. The molecule has 96 valence electrons. The van der Waals surface area contributed by atoms with Gasteiger partial charge >= 0.3 is 0 Å². The minimum Gasteiger partial charge on any atom is -0.246 e. The van der Waals surface area contributed by atoms with Gasteiger partial charge in [0.1, 0.15) is 0 Å². The Labute approximate surface area is 114 Å². The van der Waals surface area contributed by atoms with Crippen LogP contribution >= 0.6 is 11.3 Å². The molecular weight excluding hydrogens is 238 g/mol. The molecule has 0 aliphatic carbocycles. The lowest BCUT2D eigenvalue weighted by atomic mass is 10.0. The Kier molecular flexibility index (Phi) is 6.37. The van der Waals surface area contributed by atoms with Gasteiger partial charge in [0.2, 0.25) is 0 Å². The number of thiazole rings is 1. The minimum atomic E-state index is 0.520. The van der Waals surface area contributed by atoms with Crippen molar-refractivity contribution in [2.75, 3.05) is 0 Å². The number of nitrogens with zero attached hydrogens (tertiary/aromatic N) is 1. The van der Waals surface area contributed by atoms with Crippen LogP contribution in [-0.4, -0.2) is 4.98 Å². The molecule has 1 unspecified atom stereocenters. The minimum absolute atomic E-state index is 0.520. The Hall–Kier alpha value is -1.41. The first kappa shape index (κ1) is 14.7. The van der Waals surface area contributed by atoms with E-state index in [1.807, 2.05) is 6.92 Å². The topological polar surface area (TPSA) is 12.9 Å². The summed E-state index contributed by atoms with van der Waals surface area (Å²) in [6.07, 6.45) is 2.83. The van der Waals surface area contributed by atoms with E-state index in [4.69, 9.17) is 0 Å². The molecule has 0 aliphatic rings. The second kappa shape index (κ2) is 7.83. The van der Waals surface area contributed by atoms with Crippen LogP contribution in [0.15, 0.2) is 48.4 Å². The molecule has 0 saturated heterocycles. The van der Waals surface area contributed by atoms with Gasteiger partial charge in [-0.25, -0.2) is 4.98 Å². The SMILES string of the molecule is C=CC.Cc1csc(C(C)Cc2ccccc2)n1. The van der Waals surface area contributed by atoms with E-state index in [9.17, 15) is 0 Å². The van der Waals surface area contributed by atoms with Crippen molar-refractivity contribution in [3.05, 3.63) is 64.6 Å². The second-order valence-electron chi connectivity index (χ2n) is 4.33. The van der Waals surface area contributed by atoms with Crippen LogP contribution in [0, 0.1) is 6.92 Å². The van der Waals surface area contributed by atoms with Crippen molar-refractivity contribution >= 4 is 11.3 Å². The van der Waals surface area contributed by atoms with Crippen LogP contribution in [0.4, 0.5) is 0 Å². The largest absolute Gasteiger partial charge is 0.246 e. The Morgan fingerprint density at radius 3 is 2.44 bits per heavy atom. The zero-order valence-electron chi connectivity index (χ0n) is 11.4. The molecule has 0 bridgehead atoms. The molecule has 1 aromatic carbocycles. The molecule has 0 radical (unpaired) electrons. The summed E-state index contributed by atoms with van der Waals surface area (Å²) < 4.78 is 0. The summed E-state index contributed by atoms with van der Waals surface area (Å²) >= 11 is 1.77. The summed E-state index contributed by atoms with van der Waals surface area (Å²) in [5.74, 6) is 0.520. The predicted octanol–water partition coefficient (Wildman–Crippen LogP) is 4.99. The normalized spacial score (nSPS) is 11.3. The van der Waals surface area contributed by atoms with Crippen molar-refractivity contribution in [3.8, 4) is 0 Å². The van der Waals surface area contributed by atoms with Gasteiger partial charge in [0.15, 0.2) is 0 Å². The highest BCUT2D eigenvalue weighted by molar-refractivity contribution is 7.09. The van der Waals surface area contributed by atoms with Gasteiger partial charge in [-0.1, -0.05) is 43.3 Å². The summed E-state index contributed by atoms with van der Waals surface area (Å²) in [6, 6.07) is 10.6. The van der Waals surface area contributed by atoms with E-state index >= 15 is 0 Å². The fourth-order valence-corrected chi connectivity index (χ4v) is 2.51. The third-order valence-corrected chi connectivity index (χ3v) is 3.64. The molecule has 0 spiro atoms. The number of allylic oxidation sites excluding steroid dienone is 1. The quantitative estimate of drug-likeness (QED) is 0.708. The lowest BCUT2D eigenvalue weighted by Gasteiger charge is -2.07. The maximum atomic E-state index is 4.53. The van der Waals surface area contributed by atoms with Gasteiger partial charge < -0.3 is 0 Å². The Morgan fingerprint density at radius 1 is 1.33 bits per heavy atom. The van der Waals surface area contributed by atoms with Gasteiger partial charge in [0.05, 0.1) is 5.01 Å². The molecule has 0 saturated carbocycles. The van der Waals surface area contributed by atoms with Crippen molar-refractivity contribution in [2.24, 2.45) is 0 Å². The average Bonchev–Trinajstić information content (AvgIpc) is 2.78. The Morgan fingerprint density at radius 2 is 1.94 bits per heavy atom. The summed E-state index contributed by atoms with van der Waals surface area (Å²) in [4.78, 5) is 4.53. The van der Waals surface area contributed by atoms with Gasteiger partial charge in [0.25, 0.3) is 0 Å². The van der Waals surface area contributed by atoms with Crippen molar-refractivity contribution < 1.29 is 0 Å². The van der Waals surface area contributed by atoms with Gasteiger partial charge in [-0.15, -0.1) is 17.9 Å². The average molecular weight is 259 g/mol. The van der Waals surface area contributed by atoms with Crippen LogP contribution in [0.1, 0.15) is 36.0 Å². The highest BCUT2D eigenvalue weighted by atomic mass is 32.1. The molecule has 1 heterocycles. The van der Waals surface area contributed by atoms with Crippen LogP contribution < -0.4 is 0 Å². The third-order valence-electron chi connectivity index (χ3n) is 2.44. The van der Waals surface area contributed by atoms with Gasteiger partial charge in [-0.2, -0.15) is 0 Å². The van der Waals surface area contributed by atoms with Crippen molar-refractivity contribution in [1.82, 2.24) is 4.98 Å². The summed E-state index contributed by atoms with van der Waals surface area (Å²) in [5.41, 5.74) is 2.52. The number of aryl methyl sites for hydroxylation is 1. The monoisotopic (exact) mass is 259 g/mol. The lowest BCUT2D eigenvalue weighted by molar-refractivity contribution is 0.748. The number of aromatic nitrogens is 1. The van der Waals surface area contributed by atoms with E-state index in [2.05, 4.69) is 61.1 Å². The van der Waals surface area contributed by atoms with E-state index in [0.29, 0.717) is 5.92 Å². The van der Waals surface area contributed by atoms with E-state index in [1.54, 1.807) is 17.4 Å². The summed E-state index contributed by atoms with van der Waals surface area (Å²) in [5, 5.41) is 3.37. The second-order valence-corrected chi connectivity index (χ2v) is 5.22. The molecule has 1 aromatic heterocycles. The van der Waals surface area contributed by atoms with E-state index in [-0.39, 0.29) is 0 Å². The fraction of sp³-hybridized carbons (Fsp3) is 0.312. The molecule has 0 amide bonds. The van der Waals surface area contributed by atoms with Crippen molar-refractivity contribution in [2.45, 2.75) is 33.1 Å². The lowest BCUT2D eigenvalue weighted by Crippen LogP contribution is -1.97. The Balaban J connectivity index is 0.000000492. The molecule has 0 N–H and O–H groups in total. The first-order chi connectivity index (χ1) is 8.67. The van der Waals surface area contributed by atoms with Crippen LogP contribution in [0.25, 0.3) is 0 Å². The molecule has 2 heteroatoms. The van der Waals surface area contributed by atoms with E-state index in [0.717, 1.165) is 12.1 Å². The highest BCUT2D eigenvalue weighted by Gasteiger charge is 2.09. The zero-order valence-corrected chi connectivity index (χ0v) is 12.2. The van der Waals surface area contributed by atoms with E-state index < -0.39 is 0 Å². The first-order valence-corrected chi connectivity index (χ1v) is 7.08. The molecule has 18 heavy (non-hydrogen) atoms. The predicted molar refractivity (Wildman–Crippen MR) is 81.3 cm³/mol. The van der Waals surface area contributed by atoms with Gasteiger partial charge in [-0.05, 0) is 25.8 Å². The molecule has 2 rings (SSSR count). The maximum absolute atomic E-state index is 4.53. The summed E-state index contributed by atoms with van der Waals surface area (Å²) in [7, 11) is 0.